The van der Waals surface area contributed by atoms with E-state index in [9.17, 15) is 15.0 Å². The zero-order valence-corrected chi connectivity index (χ0v) is 18.0. The van der Waals surface area contributed by atoms with Gasteiger partial charge in [0.05, 0.1) is 19.3 Å². The van der Waals surface area contributed by atoms with Crippen LogP contribution in [0.5, 0.6) is 0 Å². The van der Waals surface area contributed by atoms with Crippen molar-refractivity contribution in [1.82, 2.24) is 4.90 Å². The Kier molecular flexibility index (Phi) is 6.37. The number of benzene rings is 3. The lowest BCUT2D eigenvalue weighted by molar-refractivity contribution is -0.0483. The Morgan fingerprint density at radius 2 is 1.77 bits per heavy atom. The molecule has 0 aliphatic carbocycles. The van der Waals surface area contributed by atoms with E-state index in [2.05, 4.69) is 40.2 Å². The minimum atomic E-state index is -0.984. The van der Waals surface area contributed by atoms with E-state index in [1.165, 1.54) is 10.3 Å². The maximum Gasteiger partial charge on any atom is 0.407 e. The quantitative estimate of drug-likeness (QED) is 0.558. The third kappa shape index (κ3) is 4.51. The Bertz CT molecular complexity index is 1020. The first kappa shape index (κ1) is 20.8. The van der Waals surface area contributed by atoms with Gasteiger partial charge in [0.15, 0.2) is 0 Å². The number of amides is 1. The van der Waals surface area contributed by atoms with Crippen LogP contribution in [-0.2, 0) is 11.3 Å². The molecule has 1 aliphatic heterocycles. The van der Waals surface area contributed by atoms with Gasteiger partial charge in [-0.3, -0.25) is 0 Å². The fourth-order valence-electron chi connectivity index (χ4n) is 4.29. The lowest BCUT2D eigenvalue weighted by atomic mass is 9.79. The van der Waals surface area contributed by atoms with E-state index in [0.717, 1.165) is 21.0 Å². The zero-order valence-electron chi connectivity index (χ0n) is 16.4. The van der Waals surface area contributed by atoms with Gasteiger partial charge in [0.25, 0.3) is 0 Å². The van der Waals surface area contributed by atoms with Crippen molar-refractivity contribution in [3.63, 3.8) is 0 Å². The van der Waals surface area contributed by atoms with Crippen LogP contribution in [0.1, 0.15) is 17.0 Å². The molecule has 1 saturated heterocycles. The molecular weight excluding hydrogens is 446 g/mol. The van der Waals surface area contributed by atoms with Crippen LogP contribution in [0, 0.1) is 5.92 Å². The topological polar surface area (TPSA) is 70.0 Å². The molecule has 1 fully saturated rings. The maximum absolute atomic E-state index is 11.7. The first-order valence-corrected chi connectivity index (χ1v) is 10.8. The highest BCUT2D eigenvalue weighted by atomic mass is 79.9. The maximum atomic E-state index is 11.7. The van der Waals surface area contributed by atoms with Crippen molar-refractivity contribution in [2.45, 2.75) is 18.6 Å². The van der Waals surface area contributed by atoms with E-state index in [0.29, 0.717) is 13.2 Å². The van der Waals surface area contributed by atoms with Crippen LogP contribution in [0.4, 0.5) is 4.79 Å². The Morgan fingerprint density at radius 3 is 2.47 bits per heavy atom. The summed E-state index contributed by atoms with van der Waals surface area (Å²) in [5.41, 5.74) is 2.09. The molecule has 5 nitrogen and oxygen atoms in total. The number of carboxylic acid groups (broad SMARTS) is 1. The number of hydrogen-bond donors (Lipinski definition) is 2. The third-order valence-corrected chi connectivity index (χ3v) is 6.33. The number of ether oxygens (including phenoxy) is 1. The first-order chi connectivity index (χ1) is 14.5. The molecule has 6 heteroatoms. The summed E-state index contributed by atoms with van der Waals surface area (Å²) in [7, 11) is 0. The molecule has 2 N–H and O–H groups in total. The summed E-state index contributed by atoms with van der Waals surface area (Å²) in [5, 5.41) is 21.9. The molecule has 3 unspecified atom stereocenters. The highest BCUT2D eigenvalue weighted by molar-refractivity contribution is 9.10. The Balaban J connectivity index is 1.59. The van der Waals surface area contributed by atoms with E-state index in [1.807, 2.05) is 42.5 Å². The number of fused-ring (bicyclic) bond motifs is 1. The largest absolute Gasteiger partial charge is 0.465 e. The molecule has 0 saturated carbocycles. The van der Waals surface area contributed by atoms with Gasteiger partial charge in [0, 0.05) is 29.5 Å². The minimum absolute atomic E-state index is 0.0841. The second kappa shape index (κ2) is 9.16. The standard InChI is InChI=1S/C24H24BrNO4/c25-21-9-7-18(8-10-21)23-20(14-27)12-26(24(28)29)13-22(23)30-15-16-5-6-17-3-1-2-4-19(17)11-16/h1-11,20,22-23,27H,12-15H2,(H,28,29). The van der Waals surface area contributed by atoms with E-state index < -0.39 is 6.09 Å². The highest BCUT2D eigenvalue weighted by Gasteiger charge is 2.40. The minimum Gasteiger partial charge on any atom is -0.465 e. The van der Waals surface area contributed by atoms with Crippen molar-refractivity contribution < 1.29 is 19.7 Å². The molecule has 0 aromatic heterocycles. The third-order valence-electron chi connectivity index (χ3n) is 5.80. The highest BCUT2D eigenvalue weighted by Crippen LogP contribution is 2.36. The molecule has 30 heavy (non-hydrogen) atoms. The van der Waals surface area contributed by atoms with Crippen LogP contribution < -0.4 is 0 Å². The number of aliphatic hydroxyl groups excluding tert-OH is 1. The van der Waals surface area contributed by atoms with Gasteiger partial charge >= 0.3 is 6.09 Å². The zero-order chi connectivity index (χ0) is 21.1. The molecule has 1 amide bonds. The van der Waals surface area contributed by atoms with Gasteiger partial charge in [0.1, 0.15) is 0 Å². The Hall–Kier alpha value is -2.41. The van der Waals surface area contributed by atoms with Crippen molar-refractivity contribution in [3.05, 3.63) is 82.3 Å². The number of likely N-dealkylation sites (tertiary alicyclic amines) is 1. The second-order valence-electron chi connectivity index (χ2n) is 7.74. The van der Waals surface area contributed by atoms with Gasteiger partial charge in [-0.2, -0.15) is 0 Å². The summed E-state index contributed by atoms with van der Waals surface area (Å²) in [6.07, 6.45) is -1.33. The van der Waals surface area contributed by atoms with Crippen molar-refractivity contribution in [2.75, 3.05) is 19.7 Å². The van der Waals surface area contributed by atoms with Crippen LogP contribution in [-0.4, -0.2) is 47.0 Å². The van der Waals surface area contributed by atoms with Gasteiger partial charge in [-0.05, 0) is 40.1 Å². The predicted molar refractivity (Wildman–Crippen MR) is 120 cm³/mol. The number of carbonyl (C=O) groups is 1. The summed E-state index contributed by atoms with van der Waals surface area (Å²) in [6.45, 7) is 0.858. The normalized spacial score (nSPS) is 21.7. The van der Waals surface area contributed by atoms with Crippen LogP contribution in [0.25, 0.3) is 10.8 Å². The molecule has 3 atom stereocenters. The lowest BCUT2D eigenvalue weighted by Gasteiger charge is -2.42. The van der Waals surface area contributed by atoms with E-state index in [-0.39, 0.29) is 31.1 Å². The Labute approximate surface area is 184 Å². The van der Waals surface area contributed by atoms with Crippen LogP contribution in [0.15, 0.2) is 71.2 Å². The fourth-order valence-corrected chi connectivity index (χ4v) is 4.56. The number of aliphatic hydroxyl groups is 1. The van der Waals surface area contributed by atoms with Gasteiger partial charge in [0.2, 0.25) is 0 Å². The molecule has 0 bridgehead atoms. The molecule has 3 aromatic rings. The smallest absolute Gasteiger partial charge is 0.407 e. The number of rotatable bonds is 5. The van der Waals surface area contributed by atoms with Crippen LogP contribution in [0.3, 0.4) is 0 Å². The summed E-state index contributed by atoms with van der Waals surface area (Å²) in [5.74, 6) is -0.309. The molecule has 156 valence electrons. The summed E-state index contributed by atoms with van der Waals surface area (Å²) in [4.78, 5) is 13.0. The van der Waals surface area contributed by atoms with Crippen molar-refractivity contribution >= 4 is 32.8 Å². The predicted octanol–water partition coefficient (Wildman–Crippen LogP) is 4.87. The average Bonchev–Trinajstić information content (AvgIpc) is 2.77. The van der Waals surface area contributed by atoms with E-state index >= 15 is 0 Å². The van der Waals surface area contributed by atoms with Crippen molar-refractivity contribution in [3.8, 4) is 0 Å². The van der Waals surface area contributed by atoms with E-state index in [1.54, 1.807) is 0 Å². The first-order valence-electron chi connectivity index (χ1n) is 9.98. The number of nitrogens with zero attached hydrogens (tertiary/aromatic N) is 1. The fraction of sp³-hybridized carbons (Fsp3) is 0.292. The summed E-state index contributed by atoms with van der Waals surface area (Å²) < 4.78 is 7.28. The number of piperidine rings is 1. The van der Waals surface area contributed by atoms with Crippen LogP contribution in [0.2, 0.25) is 0 Å². The summed E-state index contributed by atoms with van der Waals surface area (Å²) in [6, 6.07) is 22.3. The number of halogens is 1. The molecule has 1 heterocycles. The molecule has 4 rings (SSSR count). The number of hydrogen-bond acceptors (Lipinski definition) is 3. The van der Waals surface area contributed by atoms with Gasteiger partial charge < -0.3 is 19.8 Å². The average molecular weight is 470 g/mol. The second-order valence-corrected chi connectivity index (χ2v) is 8.65. The van der Waals surface area contributed by atoms with Gasteiger partial charge in [-0.25, -0.2) is 4.79 Å². The van der Waals surface area contributed by atoms with Crippen LogP contribution >= 0.6 is 15.9 Å². The molecule has 3 aromatic carbocycles. The molecule has 1 aliphatic rings. The monoisotopic (exact) mass is 469 g/mol. The SMILES string of the molecule is O=C(O)N1CC(CO)C(c2ccc(Br)cc2)C(OCc2ccc3ccccc3c2)C1. The van der Waals surface area contributed by atoms with Crippen molar-refractivity contribution in [1.29, 1.82) is 0 Å². The van der Waals surface area contributed by atoms with Crippen molar-refractivity contribution in [2.24, 2.45) is 5.92 Å². The molecule has 0 spiro atoms. The lowest BCUT2D eigenvalue weighted by Crippen LogP contribution is -2.51. The van der Waals surface area contributed by atoms with Gasteiger partial charge in [-0.1, -0.05) is 64.5 Å². The Morgan fingerprint density at radius 1 is 1.03 bits per heavy atom. The van der Waals surface area contributed by atoms with E-state index in [4.69, 9.17) is 4.74 Å². The van der Waals surface area contributed by atoms with Gasteiger partial charge in [-0.15, -0.1) is 0 Å². The molecular formula is C24H24BrNO4. The summed E-state index contributed by atoms with van der Waals surface area (Å²) >= 11 is 3.46. The molecule has 0 radical (unpaired) electrons.